The highest BCUT2D eigenvalue weighted by atomic mass is 19.4. The van der Waals surface area contributed by atoms with Crippen molar-refractivity contribution in [2.45, 2.75) is 19.3 Å². The van der Waals surface area contributed by atoms with Crippen molar-refractivity contribution in [3.63, 3.8) is 0 Å². The number of alkyl halides is 6. The summed E-state index contributed by atoms with van der Waals surface area (Å²) in [7, 11) is 0. The molecule has 0 unspecified atom stereocenters. The SMILES string of the molecule is C/C(C=C(C(F)(F)F)C(F)(F)F)=N/Nc1ccccc1. The summed E-state index contributed by atoms with van der Waals surface area (Å²) in [5.74, 6) is 0. The Hall–Kier alpha value is -1.99. The fourth-order valence-corrected chi connectivity index (χ4v) is 1.23. The average Bonchev–Trinajstić information content (AvgIpc) is 2.32. The van der Waals surface area contributed by atoms with Crippen molar-refractivity contribution < 1.29 is 26.3 Å². The third kappa shape index (κ3) is 4.94. The molecule has 20 heavy (non-hydrogen) atoms. The van der Waals surface area contributed by atoms with Crippen LogP contribution in [0.1, 0.15) is 6.92 Å². The number of benzene rings is 1. The minimum Gasteiger partial charge on any atom is -0.278 e. The van der Waals surface area contributed by atoms with Gasteiger partial charge in [0.05, 0.1) is 11.4 Å². The molecule has 1 rings (SSSR count). The quantitative estimate of drug-likeness (QED) is 0.495. The predicted octanol–water partition coefficient (Wildman–Crippen LogP) is 4.53. The van der Waals surface area contributed by atoms with E-state index < -0.39 is 23.6 Å². The second-order valence-electron chi connectivity index (χ2n) is 3.78. The molecule has 0 amide bonds. The lowest BCUT2D eigenvalue weighted by Gasteiger charge is -2.14. The number of nitrogens with one attached hydrogen (secondary N) is 1. The Morgan fingerprint density at radius 1 is 1.00 bits per heavy atom. The molecule has 2 nitrogen and oxygen atoms in total. The Kier molecular flexibility index (Phi) is 4.80. The highest BCUT2D eigenvalue weighted by molar-refractivity contribution is 5.94. The van der Waals surface area contributed by atoms with Crippen LogP contribution >= 0.6 is 0 Å². The van der Waals surface area contributed by atoms with Gasteiger partial charge >= 0.3 is 12.4 Å². The zero-order valence-electron chi connectivity index (χ0n) is 10.2. The summed E-state index contributed by atoms with van der Waals surface area (Å²) in [6, 6.07) is 8.11. The van der Waals surface area contributed by atoms with Gasteiger partial charge in [-0.05, 0) is 25.1 Å². The molecule has 8 heteroatoms. The Labute approximate surface area is 110 Å². The standard InChI is InChI=1S/C12H10F6N2/c1-8(19-20-9-5-3-2-4-6-9)7-10(11(13,14)15)12(16,17)18/h2-7,20H,1H3/b19-8-. The Balaban J connectivity index is 2.94. The number of hydrazone groups is 1. The molecule has 1 aromatic rings. The fourth-order valence-electron chi connectivity index (χ4n) is 1.23. The van der Waals surface area contributed by atoms with Crippen molar-refractivity contribution >= 4 is 11.4 Å². The first-order valence-corrected chi connectivity index (χ1v) is 5.32. The lowest BCUT2D eigenvalue weighted by molar-refractivity contribution is -0.171. The number of rotatable bonds is 3. The number of hydrogen-bond acceptors (Lipinski definition) is 2. The topological polar surface area (TPSA) is 24.4 Å². The van der Waals surface area contributed by atoms with E-state index in [0.29, 0.717) is 5.69 Å². The van der Waals surface area contributed by atoms with Crippen LogP contribution in [0.2, 0.25) is 0 Å². The van der Waals surface area contributed by atoms with Gasteiger partial charge in [0.1, 0.15) is 5.57 Å². The van der Waals surface area contributed by atoms with Gasteiger partial charge in [0, 0.05) is 0 Å². The molecule has 0 atom stereocenters. The monoisotopic (exact) mass is 296 g/mol. The van der Waals surface area contributed by atoms with E-state index in [-0.39, 0.29) is 6.08 Å². The maximum absolute atomic E-state index is 12.3. The van der Waals surface area contributed by atoms with Crippen LogP contribution < -0.4 is 5.43 Å². The lowest BCUT2D eigenvalue weighted by atomic mass is 10.2. The fraction of sp³-hybridized carbons (Fsp3) is 0.250. The average molecular weight is 296 g/mol. The van der Waals surface area contributed by atoms with Crippen LogP contribution in [0.3, 0.4) is 0 Å². The van der Waals surface area contributed by atoms with Gasteiger partial charge in [0.15, 0.2) is 0 Å². The molecule has 0 saturated heterocycles. The zero-order chi connectivity index (χ0) is 15.4. The van der Waals surface area contributed by atoms with Crippen LogP contribution in [0.5, 0.6) is 0 Å². The van der Waals surface area contributed by atoms with Crippen molar-refractivity contribution in [2.24, 2.45) is 5.10 Å². The molecular weight excluding hydrogens is 286 g/mol. The van der Waals surface area contributed by atoms with Gasteiger partial charge in [-0.2, -0.15) is 31.4 Å². The summed E-state index contributed by atoms with van der Waals surface area (Å²) < 4.78 is 73.7. The third-order valence-corrected chi connectivity index (χ3v) is 2.10. The molecule has 1 N–H and O–H groups in total. The first-order valence-electron chi connectivity index (χ1n) is 5.32. The third-order valence-electron chi connectivity index (χ3n) is 2.10. The van der Waals surface area contributed by atoms with E-state index in [1.165, 1.54) is 0 Å². The Morgan fingerprint density at radius 3 is 1.95 bits per heavy atom. The van der Waals surface area contributed by atoms with Gasteiger partial charge in [0.25, 0.3) is 0 Å². The number of para-hydroxylation sites is 1. The molecule has 0 aromatic heterocycles. The largest absolute Gasteiger partial charge is 0.421 e. The molecule has 0 fully saturated rings. The van der Waals surface area contributed by atoms with Crippen LogP contribution in [-0.2, 0) is 0 Å². The molecule has 110 valence electrons. The molecule has 0 aliphatic heterocycles. The van der Waals surface area contributed by atoms with Gasteiger partial charge in [-0.1, -0.05) is 18.2 Å². The Bertz CT molecular complexity index is 483. The second-order valence-corrected chi connectivity index (χ2v) is 3.78. The van der Waals surface area contributed by atoms with E-state index in [0.717, 1.165) is 6.92 Å². The summed E-state index contributed by atoms with van der Waals surface area (Å²) in [5, 5.41) is 3.45. The highest BCUT2D eigenvalue weighted by Gasteiger charge is 2.50. The second kappa shape index (κ2) is 5.98. The molecule has 1 aromatic carbocycles. The number of halogens is 6. The van der Waals surface area contributed by atoms with E-state index in [1.807, 2.05) is 0 Å². The molecule has 0 radical (unpaired) electrons. The molecule has 0 aliphatic rings. The van der Waals surface area contributed by atoms with Crippen LogP contribution in [0, 0.1) is 0 Å². The van der Waals surface area contributed by atoms with Crippen LogP contribution in [0.4, 0.5) is 32.0 Å². The van der Waals surface area contributed by atoms with Crippen LogP contribution in [0.15, 0.2) is 47.1 Å². The summed E-state index contributed by atoms with van der Waals surface area (Å²) in [4.78, 5) is 0. The lowest BCUT2D eigenvalue weighted by Crippen LogP contribution is -2.27. The summed E-state index contributed by atoms with van der Waals surface area (Å²) in [6.07, 6.45) is -11.0. The Morgan fingerprint density at radius 2 is 1.50 bits per heavy atom. The highest BCUT2D eigenvalue weighted by Crippen LogP contribution is 2.38. The molecule has 0 spiro atoms. The van der Waals surface area contributed by atoms with Crippen molar-refractivity contribution in [3.8, 4) is 0 Å². The van der Waals surface area contributed by atoms with Crippen molar-refractivity contribution in [2.75, 3.05) is 5.43 Å². The van der Waals surface area contributed by atoms with E-state index >= 15 is 0 Å². The summed E-state index contributed by atoms with van der Waals surface area (Å²) in [6.45, 7) is 1.04. The van der Waals surface area contributed by atoms with Crippen molar-refractivity contribution in [3.05, 3.63) is 42.0 Å². The number of allylic oxidation sites excluding steroid dienone is 2. The maximum Gasteiger partial charge on any atom is 0.421 e. The molecule has 0 saturated carbocycles. The normalized spacial score (nSPS) is 13.1. The van der Waals surface area contributed by atoms with Gasteiger partial charge < -0.3 is 0 Å². The minimum atomic E-state index is -5.48. The summed E-state index contributed by atoms with van der Waals surface area (Å²) >= 11 is 0. The summed E-state index contributed by atoms with van der Waals surface area (Å²) in [5.41, 5.74) is -0.235. The molecule has 0 bridgehead atoms. The molecular formula is C12H10F6N2. The number of anilines is 1. The van der Waals surface area contributed by atoms with Crippen LogP contribution in [-0.4, -0.2) is 18.1 Å². The minimum absolute atomic E-state index is 0.0457. The van der Waals surface area contributed by atoms with E-state index in [9.17, 15) is 26.3 Å². The number of nitrogens with zero attached hydrogens (tertiary/aromatic N) is 1. The van der Waals surface area contributed by atoms with Crippen LogP contribution in [0.25, 0.3) is 0 Å². The molecule has 0 heterocycles. The van der Waals surface area contributed by atoms with Gasteiger partial charge in [-0.3, -0.25) is 5.43 Å². The van der Waals surface area contributed by atoms with Crippen molar-refractivity contribution in [1.82, 2.24) is 0 Å². The predicted molar refractivity (Wildman–Crippen MR) is 63.4 cm³/mol. The first-order chi connectivity index (χ1) is 9.10. The van der Waals surface area contributed by atoms with E-state index in [2.05, 4.69) is 10.5 Å². The molecule has 0 aliphatic carbocycles. The van der Waals surface area contributed by atoms with Gasteiger partial charge in [-0.25, -0.2) is 0 Å². The van der Waals surface area contributed by atoms with E-state index in [4.69, 9.17) is 0 Å². The number of hydrogen-bond donors (Lipinski definition) is 1. The van der Waals surface area contributed by atoms with Crippen molar-refractivity contribution in [1.29, 1.82) is 0 Å². The smallest absolute Gasteiger partial charge is 0.278 e. The first kappa shape index (κ1) is 16.1. The van der Waals surface area contributed by atoms with E-state index in [1.54, 1.807) is 30.3 Å². The van der Waals surface area contributed by atoms with Gasteiger partial charge in [0.2, 0.25) is 0 Å². The zero-order valence-corrected chi connectivity index (χ0v) is 10.2. The van der Waals surface area contributed by atoms with Gasteiger partial charge in [-0.15, -0.1) is 0 Å². The maximum atomic E-state index is 12.3.